The van der Waals surface area contributed by atoms with Crippen molar-refractivity contribution in [2.75, 3.05) is 18.5 Å². The smallest absolute Gasteiger partial charge is 0.164 e. The molecule has 0 unspecified atom stereocenters. The zero-order valence-corrected chi connectivity index (χ0v) is 10.2. The zero-order chi connectivity index (χ0) is 12.3. The van der Waals surface area contributed by atoms with E-state index < -0.39 is 5.82 Å². The molecule has 16 heavy (non-hydrogen) atoms. The quantitative estimate of drug-likeness (QED) is 0.731. The van der Waals surface area contributed by atoms with Crippen molar-refractivity contribution in [3.05, 3.63) is 29.6 Å². The molecule has 88 valence electrons. The van der Waals surface area contributed by atoms with Gasteiger partial charge in [0.15, 0.2) is 5.78 Å². The van der Waals surface area contributed by atoms with Crippen LogP contribution in [0.4, 0.5) is 10.1 Å². The van der Waals surface area contributed by atoms with E-state index in [4.69, 9.17) is 0 Å². The third-order valence-electron chi connectivity index (χ3n) is 2.39. The lowest BCUT2D eigenvalue weighted by molar-refractivity contribution is 0.101. The molecule has 0 saturated heterocycles. The molecule has 2 nitrogen and oxygen atoms in total. The van der Waals surface area contributed by atoms with Gasteiger partial charge in [-0.3, -0.25) is 4.79 Å². The number of rotatable bonds is 4. The summed E-state index contributed by atoms with van der Waals surface area (Å²) in [4.78, 5) is 13.3. The van der Waals surface area contributed by atoms with Crippen molar-refractivity contribution < 1.29 is 9.18 Å². The first-order chi connectivity index (χ1) is 7.43. The van der Waals surface area contributed by atoms with E-state index in [0.717, 1.165) is 6.54 Å². The molecule has 0 atom stereocenters. The third-order valence-corrected chi connectivity index (χ3v) is 2.39. The van der Waals surface area contributed by atoms with Gasteiger partial charge in [0, 0.05) is 13.6 Å². The summed E-state index contributed by atoms with van der Waals surface area (Å²) in [6.45, 7) is 6.36. The normalized spacial score (nSPS) is 10.6. The first-order valence-electron chi connectivity index (χ1n) is 5.44. The number of benzene rings is 1. The van der Waals surface area contributed by atoms with Gasteiger partial charge in [0.25, 0.3) is 0 Å². The summed E-state index contributed by atoms with van der Waals surface area (Å²) in [6, 6.07) is 4.74. The Labute approximate surface area is 96.1 Å². The Morgan fingerprint density at radius 2 is 2.06 bits per heavy atom. The summed E-state index contributed by atoms with van der Waals surface area (Å²) in [5.74, 6) is -0.211. The molecule has 0 aliphatic rings. The third kappa shape index (κ3) is 2.81. The fraction of sp³-hybridized carbons (Fsp3) is 0.462. The number of ketones is 1. The van der Waals surface area contributed by atoms with E-state index >= 15 is 0 Å². The van der Waals surface area contributed by atoms with Crippen molar-refractivity contribution in [2.45, 2.75) is 20.8 Å². The lowest BCUT2D eigenvalue weighted by Gasteiger charge is -2.23. The number of nitrogens with zero attached hydrogens (tertiary/aromatic N) is 1. The van der Waals surface area contributed by atoms with E-state index in [0.29, 0.717) is 11.6 Å². The van der Waals surface area contributed by atoms with Crippen LogP contribution in [-0.2, 0) is 0 Å². The maximum atomic E-state index is 13.6. The number of anilines is 1. The minimum Gasteiger partial charge on any atom is -0.374 e. The van der Waals surface area contributed by atoms with Gasteiger partial charge in [0.05, 0.1) is 11.3 Å². The molecule has 0 radical (unpaired) electrons. The number of Topliss-reactive ketones (excluding diaryl/α,β-unsaturated/α-hetero) is 1. The standard InChI is InChI=1S/C13H18FNO/c1-9(2)8-15(4)12-7-5-6-11(14)13(12)10(3)16/h5-7,9H,8H2,1-4H3. The van der Waals surface area contributed by atoms with Gasteiger partial charge in [-0.1, -0.05) is 19.9 Å². The Hall–Kier alpha value is -1.38. The minimum absolute atomic E-state index is 0.186. The molecule has 0 N–H and O–H groups in total. The Morgan fingerprint density at radius 1 is 1.44 bits per heavy atom. The van der Waals surface area contributed by atoms with Crippen LogP contribution in [0.1, 0.15) is 31.1 Å². The van der Waals surface area contributed by atoms with Gasteiger partial charge in [0.1, 0.15) is 5.82 Å². The van der Waals surface area contributed by atoms with Crippen LogP contribution < -0.4 is 4.90 Å². The average Bonchev–Trinajstić information content (AvgIpc) is 2.15. The van der Waals surface area contributed by atoms with Crippen LogP contribution in [-0.4, -0.2) is 19.4 Å². The van der Waals surface area contributed by atoms with Crippen LogP contribution in [0.3, 0.4) is 0 Å². The molecule has 0 amide bonds. The van der Waals surface area contributed by atoms with E-state index in [9.17, 15) is 9.18 Å². The number of hydrogen-bond acceptors (Lipinski definition) is 2. The summed E-state index contributed by atoms with van der Waals surface area (Å²) in [5.41, 5.74) is 0.854. The highest BCUT2D eigenvalue weighted by Gasteiger charge is 2.16. The summed E-state index contributed by atoms with van der Waals surface area (Å²) in [6.07, 6.45) is 0. The molecule has 0 fully saturated rings. The molecule has 0 aliphatic heterocycles. The van der Waals surface area contributed by atoms with Crippen molar-refractivity contribution in [1.29, 1.82) is 0 Å². The first-order valence-corrected chi connectivity index (χ1v) is 5.44. The number of hydrogen-bond donors (Lipinski definition) is 0. The molecule has 0 heterocycles. The summed E-state index contributed by atoms with van der Waals surface area (Å²) >= 11 is 0. The van der Waals surface area contributed by atoms with Crippen LogP contribution in [0.15, 0.2) is 18.2 Å². The van der Waals surface area contributed by atoms with E-state index in [-0.39, 0.29) is 11.3 Å². The molecule has 0 bridgehead atoms. The summed E-state index contributed by atoms with van der Waals surface area (Å²) < 4.78 is 13.6. The predicted octanol–water partition coefficient (Wildman–Crippen LogP) is 3.12. The van der Waals surface area contributed by atoms with Gasteiger partial charge >= 0.3 is 0 Å². The van der Waals surface area contributed by atoms with Crippen LogP contribution >= 0.6 is 0 Å². The topological polar surface area (TPSA) is 20.3 Å². The van der Waals surface area contributed by atoms with Crippen LogP contribution in [0.2, 0.25) is 0 Å². The van der Waals surface area contributed by atoms with E-state index in [2.05, 4.69) is 13.8 Å². The first kappa shape index (κ1) is 12.7. The Kier molecular flexibility index (Phi) is 4.05. The SMILES string of the molecule is CC(=O)c1c(F)cccc1N(C)CC(C)C. The molecular weight excluding hydrogens is 205 g/mol. The minimum atomic E-state index is -0.444. The van der Waals surface area contributed by atoms with E-state index in [1.54, 1.807) is 12.1 Å². The second kappa shape index (κ2) is 5.10. The van der Waals surface area contributed by atoms with Crippen molar-refractivity contribution in [3.8, 4) is 0 Å². The van der Waals surface area contributed by atoms with Crippen molar-refractivity contribution in [2.24, 2.45) is 5.92 Å². The Morgan fingerprint density at radius 3 is 2.56 bits per heavy atom. The molecule has 0 aromatic heterocycles. The summed E-state index contributed by atoms with van der Waals surface area (Å²) in [5, 5.41) is 0. The molecule has 1 aromatic rings. The Bertz CT molecular complexity index is 388. The highest BCUT2D eigenvalue weighted by atomic mass is 19.1. The van der Waals surface area contributed by atoms with Gasteiger partial charge in [-0.15, -0.1) is 0 Å². The van der Waals surface area contributed by atoms with Gasteiger partial charge < -0.3 is 4.90 Å². The van der Waals surface area contributed by atoms with E-state index in [1.165, 1.54) is 13.0 Å². The lowest BCUT2D eigenvalue weighted by Crippen LogP contribution is -2.24. The van der Waals surface area contributed by atoms with Crippen LogP contribution in [0, 0.1) is 11.7 Å². The fourth-order valence-electron chi connectivity index (χ4n) is 1.83. The Balaban J connectivity index is 3.12. The average molecular weight is 223 g/mol. The van der Waals surface area contributed by atoms with Gasteiger partial charge in [-0.2, -0.15) is 0 Å². The predicted molar refractivity (Wildman–Crippen MR) is 64.5 cm³/mol. The van der Waals surface area contributed by atoms with Gasteiger partial charge in [-0.25, -0.2) is 4.39 Å². The van der Waals surface area contributed by atoms with E-state index in [1.807, 2.05) is 11.9 Å². The molecule has 3 heteroatoms. The van der Waals surface area contributed by atoms with Crippen molar-refractivity contribution >= 4 is 11.5 Å². The second-order valence-electron chi connectivity index (χ2n) is 4.46. The molecule has 0 saturated carbocycles. The highest BCUT2D eigenvalue weighted by molar-refractivity contribution is 5.99. The molecule has 0 spiro atoms. The monoisotopic (exact) mass is 223 g/mol. The second-order valence-corrected chi connectivity index (χ2v) is 4.46. The van der Waals surface area contributed by atoms with Gasteiger partial charge in [0.2, 0.25) is 0 Å². The molecule has 0 aliphatic carbocycles. The fourth-order valence-corrected chi connectivity index (χ4v) is 1.83. The highest BCUT2D eigenvalue weighted by Crippen LogP contribution is 2.23. The largest absolute Gasteiger partial charge is 0.374 e. The number of carbonyl (C=O) groups excluding carboxylic acids is 1. The van der Waals surface area contributed by atoms with Crippen molar-refractivity contribution in [3.63, 3.8) is 0 Å². The van der Waals surface area contributed by atoms with Crippen molar-refractivity contribution in [1.82, 2.24) is 0 Å². The molecule has 1 aromatic carbocycles. The van der Waals surface area contributed by atoms with Gasteiger partial charge in [-0.05, 0) is 25.0 Å². The zero-order valence-electron chi connectivity index (χ0n) is 10.2. The summed E-state index contributed by atoms with van der Waals surface area (Å²) in [7, 11) is 1.88. The molecule has 1 rings (SSSR count). The lowest BCUT2D eigenvalue weighted by atomic mass is 10.1. The maximum absolute atomic E-state index is 13.6. The van der Waals surface area contributed by atoms with Crippen LogP contribution in [0.5, 0.6) is 0 Å². The molecular formula is C13H18FNO. The number of halogens is 1. The number of carbonyl (C=O) groups is 1. The van der Waals surface area contributed by atoms with Crippen LogP contribution in [0.25, 0.3) is 0 Å². The maximum Gasteiger partial charge on any atom is 0.164 e.